The third-order valence-electron chi connectivity index (χ3n) is 4.52. The number of halogens is 3. The lowest BCUT2D eigenvalue weighted by Crippen LogP contribution is -2.28. The highest BCUT2D eigenvalue weighted by atomic mass is 32.2. The first-order valence-electron chi connectivity index (χ1n) is 9.75. The molecule has 0 bridgehead atoms. The van der Waals surface area contributed by atoms with Crippen LogP contribution in [-0.4, -0.2) is 27.2 Å². The molecule has 0 atom stereocenters. The van der Waals surface area contributed by atoms with Crippen LogP contribution in [0, 0.1) is 12.8 Å². The number of carbonyl (C=O) groups excluding carboxylic acids is 1. The van der Waals surface area contributed by atoms with Gasteiger partial charge in [0.15, 0.2) is 5.16 Å². The molecule has 164 valence electrons. The van der Waals surface area contributed by atoms with Crippen LogP contribution in [0.5, 0.6) is 0 Å². The van der Waals surface area contributed by atoms with Crippen molar-refractivity contribution in [3.05, 3.63) is 71.0 Å². The Morgan fingerprint density at radius 1 is 1.13 bits per heavy atom. The van der Waals surface area contributed by atoms with Crippen LogP contribution in [0.25, 0.3) is 5.69 Å². The molecule has 0 saturated heterocycles. The zero-order chi connectivity index (χ0) is 22.6. The van der Waals surface area contributed by atoms with Gasteiger partial charge >= 0.3 is 6.18 Å². The van der Waals surface area contributed by atoms with E-state index in [1.54, 1.807) is 29.7 Å². The maximum absolute atomic E-state index is 13.1. The Balaban J connectivity index is 1.84. The number of nitrogens with zero attached hydrogens (tertiary/aromatic N) is 3. The van der Waals surface area contributed by atoms with E-state index in [1.807, 2.05) is 26.0 Å². The average molecular weight is 449 g/mol. The molecule has 0 aliphatic carbocycles. The van der Waals surface area contributed by atoms with Crippen molar-refractivity contribution >= 4 is 17.7 Å². The molecule has 0 unspecified atom stereocenters. The van der Waals surface area contributed by atoms with E-state index in [-0.39, 0.29) is 5.91 Å². The summed E-state index contributed by atoms with van der Waals surface area (Å²) in [4.78, 5) is 12.5. The van der Waals surface area contributed by atoms with Gasteiger partial charge in [0, 0.05) is 23.5 Å². The van der Waals surface area contributed by atoms with E-state index in [1.165, 1.54) is 17.8 Å². The molecule has 9 heteroatoms. The molecule has 0 aliphatic heterocycles. The maximum Gasteiger partial charge on any atom is 0.416 e. The molecule has 0 radical (unpaired) electrons. The van der Waals surface area contributed by atoms with Crippen LogP contribution in [-0.2, 0) is 11.9 Å². The Morgan fingerprint density at radius 2 is 1.87 bits per heavy atom. The van der Waals surface area contributed by atoms with Crippen molar-refractivity contribution in [2.45, 2.75) is 37.9 Å². The van der Waals surface area contributed by atoms with Crippen LogP contribution >= 0.6 is 11.8 Å². The quantitative estimate of drug-likeness (QED) is 0.500. The van der Waals surface area contributed by atoms with Crippen LogP contribution in [0.1, 0.15) is 41.2 Å². The number of hydrogen-bond donors (Lipinski definition) is 1. The number of aryl methyl sites for hydroxylation is 1. The Hall–Kier alpha value is -2.81. The number of rotatable bonds is 7. The van der Waals surface area contributed by atoms with E-state index in [9.17, 15) is 18.0 Å². The number of hydrogen-bond acceptors (Lipinski definition) is 4. The van der Waals surface area contributed by atoms with Crippen LogP contribution in [0.4, 0.5) is 13.2 Å². The number of aromatic nitrogens is 3. The molecule has 0 aliphatic rings. The van der Waals surface area contributed by atoms with Gasteiger partial charge in [-0.15, -0.1) is 10.2 Å². The molecule has 2 aromatic carbocycles. The molecule has 0 spiro atoms. The molecule has 0 fully saturated rings. The van der Waals surface area contributed by atoms with Crippen molar-refractivity contribution < 1.29 is 18.0 Å². The molecule has 1 amide bonds. The first-order chi connectivity index (χ1) is 14.7. The van der Waals surface area contributed by atoms with Gasteiger partial charge in [-0.2, -0.15) is 13.2 Å². The number of carbonyl (C=O) groups is 1. The summed E-state index contributed by atoms with van der Waals surface area (Å²) in [6.45, 7) is 6.30. The number of alkyl halides is 3. The molecule has 31 heavy (non-hydrogen) atoms. The summed E-state index contributed by atoms with van der Waals surface area (Å²) in [6, 6.07) is 12.3. The van der Waals surface area contributed by atoms with Gasteiger partial charge in [-0.25, -0.2) is 0 Å². The highest BCUT2D eigenvalue weighted by Gasteiger charge is 2.30. The van der Waals surface area contributed by atoms with Gasteiger partial charge in [-0.3, -0.25) is 9.36 Å². The molecule has 0 saturated carbocycles. The zero-order valence-electron chi connectivity index (χ0n) is 17.4. The first-order valence-corrected chi connectivity index (χ1v) is 10.7. The summed E-state index contributed by atoms with van der Waals surface area (Å²) in [7, 11) is 0. The van der Waals surface area contributed by atoms with Crippen molar-refractivity contribution in [3.63, 3.8) is 0 Å². The maximum atomic E-state index is 13.1. The van der Waals surface area contributed by atoms with Crippen molar-refractivity contribution in [1.82, 2.24) is 20.1 Å². The van der Waals surface area contributed by atoms with Crippen LogP contribution < -0.4 is 5.32 Å². The Kier molecular flexibility index (Phi) is 7.04. The molecular formula is C22H23F3N4OS. The summed E-state index contributed by atoms with van der Waals surface area (Å²) in [5.41, 5.74) is 0.978. The Labute approximate surface area is 183 Å². The fraction of sp³-hybridized carbons (Fsp3) is 0.318. The highest BCUT2D eigenvalue weighted by Crippen LogP contribution is 2.32. The minimum atomic E-state index is -4.44. The van der Waals surface area contributed by atoms with Gasteiger partial charge in [0.1, 0.15) is 5.82 Å². The SMILES string of the molecule is Cc1nnc(SCc2ccccc2C(=O)NCC(C)C)n1-c1cccc(C(F)(F)F)c1. The lowest BCUT2D eigenvalue weighted by atomic mass is 10.1. The van der Waals surface area contributed by atoms with Gasteiger partial charge in [-0.05, 0) is 42.7 Å². The van der Waals surface area contributed by atoms with Crippen LogP contribution in [0.15, 0.2) is 53.7 Å². The topological polar surface area (TPSA) is 59.8 Å². The van der Waals surface area contributed by atoms with Gasteiger partial charge in [-0.1, -0.05) is 49.9 Å². The second kappa shape index (κ2) is 9.55. The normalized spacial score (nSPS) is 11.7. The monoisotopic (exact) mass is 448 g/mol. The summed E-state index contributed by atoms with van der Waals surface area (Å²) in [5, 5.41) is 11.5. The summed E-state index contributed by atoms with van der Waals surface area (Å²) in [6.07, 6.45) is -4.44. The molecule has 3 rings (SSSR count). The number of benzene rings is 2. The number of nitrogens with one attached hydrogen (secondary N) is 1. The summed E-state index contributed by atoms with van der Waals surface area (Å²) >= 11 is 1.31. The van der Waals surface area contributed by atoms with Crippen molar-refractivity contribution in [2.75, 3.05) is 6.54 Å². The third kappa shape index (κ3) is 5.66. The van der Waals surface area contributed by atoms with Gasteiger partial charge in [0.2, 0.25) is 0 Å². The third-order valence-corrected chi connectivity index (χ3v) is 5.49. The van der Waals surface area contributed by atoms with Gasteiger partial charge in [0.05, 0.1) is 5.56 Å². The smallest absolute Gasteiger partial charge is 0.352 e. The lowest BCUT2D eigenvalue weighted by Gasteiger charge is -2.13. The van der Waals surface area contributed by atoms with Crippen molar-refractivity contribution in [1.29, 1.82) is 0 Å². The second-order valence-electron chi connectivity index (χ2n) is 7.46. The van der Waals surface area contributed by atoms with E-state index < -0.39 is 11.7 Å². The van der Waals surface area contributed by atoms with Gasteiger partial charge in [0.25, 0.3) is 5.91 Å². The summed E-state index contributed by atoms with van der Waals surface area (Å²) in [5.74, 6) is 1.08. The first kappa shape index (κ1) is 22.9. The standard InChI is InChI=1S/C22H23F3N4OS/c1-14(2)12-26-20(30)19-10-5-4-7-16(19)13-31-21-28-27-15(3)29(21)18-9-6-8-17(11-18)22(23,24)25/h4-11,14H,12-13H2,1-3H3,(H,26,30). The van der Waals surface area contributed by atoms with E-state index in [0.717, 1.165) is 17.7 Å². The minimum Gasteiger partial charge on any atom is -0.352 e. The van der Waals surface area contributed by atoms with Crippen molar-refractivity contribution in [3.8, 4) is 5.69 Å². The molecule has 3 aromatic rings. The second-order valence-corrected chi connectivity index (χ2v) is 8.41. The molecular weight excluding hydrogens is 425 g/mol. The van der Waals surface area contributed by atoms with E-state index in [0.29, 0.717) is 40.4 Å². The molecule has 1 heterocycles. The lowest BCUT2D eigenvalue weighted by molar-refractivity contribution is -0.137. The number of amides is 1. The summed E-state index contributed by atoms with van der Waals surface area (Å²) < 4.78 is 41.0. The van der Waals surface area contributed by atoms with E-state index in [4.69, 9.17) is 0 Å². The van der Waals surface area contributed by atoms with E-state index in [2.05, 4.69) is 15.5 Å². The highest BCUT2D eigenvalue weighted by molar-refractivity contribution is 7.98. The Bertz CT molecular complexity index is 1060. The van der Waals surface area contributed by atoms with Gasteiger partial charge < -0.3 is 5.32 Å². The van der Waals surface area contributed by atoms with Crippen molar-refractivity contribution in [2.24, 2.45) is 5.92 Å². The Morgan fingerprint density at radius 3 is 2.58 bits per heavy atom. The largest absolute Gasteiger partial charge is 0.416 e. The molecule has 5 nitrogen and oxygen atoms in total. The minimum absolute atomic E-state index is 0.152. The molecule has 1 aromatic heterocycles. The fourth-order valence-electron chi connectivity index (χ4n) is 2.96. The van der Waals surface area contributed by atoms with E-state index >= 15 is 0 Å². The number of thioether (sulfide) groups is 1. The fourth-order valence-corrected chi connectivity index (χ4v) is 3.96. The molecule has 1 N–H and O–H groups in total. The average Bonchev–Trinajstić information content (AvgIpc) is 3.10. The van der Waals surface area contributed by atoms with Crippen LogP contribution in [0.2, 0.25) is 0 Å². The van der Waals surface area contributed by atoms with Crippen LogP contribution in [0.3, 0.4) is 0 Å². The predicted octanol–water partition coefficient (Wildman–Crippen LogP) is 5.27. The predicted molar refractivity (Wildman–Crippen MR) is 114 cm³/mol. The zero-order valence-corrected chi connectivity index (χ0v) is 18.2.